The van der Waals surface area contributed by atoms with Crippen LogP contribution in [0.3, 0.4) is 0 Å². The van der Waals surface area contributed by atoms with Crippen LogP contribution in [0, 0.1) is 5.82 Å². The highest BCUT2D eigenvalue weighted by atomic mass is 35.5. The number of benzene rings is 1. The van der Waals surface area contributed by atoms with Gasteiger partial charge in [0.25, 0.3) is 0 Å². The predicted molar refractivity (Wildman–Crippen MR) is 72.7 cm³/mol. The van der Waals surface area contributed by atoms with E-state index in [0.29, 0.717) is 17.7 Å². The van der Waals surface area contributed by atoms with Gasteiger partial charge in [0.1, 0.15) is 11.6 Å². The van der Waals surface area contributed by atoms with Crippen molar-refractivity contribution in [1.82, 2.24) is 0 Å². The van der Waals surface area contributed by atoms with Crippen LogP contribution in [0.1, 0.15) is 37.8 Å². The number of ether oxygens (including phenoxy) is 1. The molecule has 3 N–H and O–H groups in total. The second kappa shape index (κ2) is 8.29. The Hall–Kier alpha value is -0.840. The first-order chi connectivity index (χ1) is 8.10. The van der Waals surface area contributed by atoms with Crippen molar-refractivity contribution in [2.24, 2.45) is 5.73 Å². The average molecular weight is 278 g/mol. The third-order valence-electron chi connectivity index (χ3n) is 2.82. The summed E-state index contributed by atoms with van der Waals surface area (Å²) >= 11 is 0. The Morgan fingerprint density at radius 3 is 2.67 bits per heavy atom. The SMILES string of the molecule is CCCC[C@H](O)[C@H](N)c1ccc(F)cc1OC.Cl. The molecular weight excluding hydrogens is 257 g/mol. The van der Waals surface area contributed by atoms with Crippen LogP contribution < -0.4 is 10.5 Å². The third-order valence-corrected chi connectivity index (χ3v) is 2.82. The monoisotopic (exact) mass is 277 g/mol. The maximum absolute atomic E-state index is 13.0. The van der Waals surface area contributed by atoms with E-state index in [9.17, 15) is 9.50 Å². The number of aliphatic hydroxyl groups is 1. The number of nitrogens with two attached hydrogens (primary N) is 1. The molecule has 104 valence electrons. The second-order valence-electron chi connectivity index (χ2n) is 4.12. The van der Waals surface area contributed by atoms with Crippen molar-refractivity contribution in [3.8, 4) is 5.75 Å². The molecule has 18 heavy (non-hydrogen) atoms. The van der Waals surface area contributed by atoms with Gasteiger partial charge in [-0.2, -0.15) is 0 Å². The van der Waals surface area contributed by atoms with Crippen molar-refractivity contribution in [3.63, 3.8) is 0 Å². The largest absolute Gasteiger partial charge is 0.496 e. The zero-order valence-electron chi connectivity index (χ0n) is 10.7. The fourth-order valence-electron chi connectivity index (χ4n) is 1.76. The summed E-state index contributed by atoms with van der Waals surface area (Å²) in [5.74, 6) is 0.00824. The van der Waals surface area contributed by atoms with Crippen molar-refractivity contribution in [3.05, 3.63) is 29.6 Å². The minimum absolute atomic E-state index is 0. The van der Waals surface area contributed by atoms with Crippen LogP contribution in [-0.4, -0.2) is 18.3 Å². The highest BCUT2D eigenvalue weighted by Crippen LogP contribution is 2.28. The van der Waals surface area contributed by atoms with Crippen molar-refractivity contribution in [2.75, 3.05) is 7.11 Å². The first-order valence-corrected chi connectivity index (χ1v) is 5.87. The van der Waals surface area contributed by atoms with Crippen LogP contribution in [0.4, 0.5) is 4.39 Å². The van der Waals surface area contributed by atoms with Gasteiger partial charge in [0.15, 0.2) is 0 Å². The van der Waals surface area contributed by atoms with E-state index in [4.69, 9.17) is 10.5 Å². The lowest BCUT2D eigenvalue weighted by molar-refractivity contribution is 0.131. The smallest absolute Gasteiger partial charge is 0.126 e. The molecule has 0 saturated heterocycles. The lowest BCUT2D eigenvalue weighted by Gasteiger charge is -2.21. The lowest BCUT2D eigenvalue weighted by atomic mass is 9.97. The molecule has 3 nitrogen and oxygen atoms in total. The van der Waals surface area contributed by atoms with Crippen LogP contribution in [0.15, 0.2) is 18.2 Å². The molecule has 0 radical (unpaired) electrons. The summed E-state index contributed by atoms with van der Waals surface area (Å²) in [5.41, 5.74) is 6.59. The van der Waals surface area contributed by atoms with Crippen molar-refractivity contribution in [1.29, 1.82) is 0 Å². The molecule has 1 aromatic carbocycles. The van der Waals surface area contributed by atoms with Crippen LogP contribution >= 0.6 is 12.4 Å². The van der Waals surface area contributed by atoms with E-state index in [1.165, 1.54) is 19.2 Å². The van der Waals surface area contributed by atoms with E-state index >= 15 is 0 Å². The van der Waals surface area contributed by atoms with Gasteiger partial charge in [-0.1, -0.05) is 25.8 Å². The molecule has 0 aliphatic rings. The van der Waals surface area contributed by atoms with Crippen LogP contribution in [-0.2, 0) is 0 Å². The molecule has 0 unspecified atom stereocenters. The molecule has 1 rings (SSSR count). The summed E-state index contributed by atoms with van der Waals surface area (Å²) in [4.78, 5) is 0. The summed E-state index contributed by atoms with van der Waals surface area (Å²) in [7, 11) is 1.46. The van der Waals surface area contributed by atoms with E-state index in [1.54, 1.807) is 6.07 Å². The first-order valence-electron chi connectivity index (χ1n) is 5.87. The number of methoxy groups -OCH3 is 1. The molecule has 0 aromatic heterocycles. The maximum atomic E-state index is 13.0. The van der Waals surface area contributed by atoms with Gasteiger partial charge < -0.3 is 15.6 Å². The average Bonchev–Trinajstić information content (AvgIpc) is 2.34. The molecule has 0 spiro atoms. The zero-order valence-corrected chi connectivity index (χ0v) is 11.5. The Morgan fingerprint density at radius 2 is 2.11 bits per heavy atom. The molecule has 0 aliphatic carbocycles. The van der Waals surface area contributed by atoms with Crippen LogP contribution in [0.5, 0.6) is 5.75 Å². The Morgan fingerprint density at radius 1 is 1.44 bits per heavy atom. The first kappa shape index (κ1) is 17.2. The quantitative estimate of drug-likeness (QED) is 0.841. The topological polar surface area (TPSA) is 55.5 Å². The van der Waals surface area contributed by atoms with E-state index in [-0.39, 0.29) is 18.2 Å². The molecule has 0 heterocycles. The molecule has 0 fully saturated rings. The number of unbranched alkanes of at least 4 members (excludes halogenated alkanes) is 1. The van der Waals surface area contributed by atoms with Gasteiger partial charge in [0.2, 0.25) is 0 Å². The molecule has 1 aromatic rings. The summed E-state index contributed by atoms with van der Waals surface area (Å²) in [6.07, 6.45) is 1.93. The standard InChI is InChI=1S/C13H20FNO2.ClH/c1-3-4-5-11(16)13(15)10-7-6-9(14)8-12(10)17-2;/h6-8,11,13,16H,3-5,15H2,1-2H3;1H/t11-,13+;/m0./s1. The van der Waals surface area contributed by atoms with Gasteiger partial charge in [-0.15, -0.1) is 12.4 Å². The van der Waals surface area contributed by atoms with Gasteiger partial charge in [-0.25, -0.2) is 4.39 Å². The normalized spacial score (nSPS) is 13.6. The Kier molecular flexibility index (Phi) is 7.91. The Labute approximate surface area is 114 Å². The molecule has 2 atom stereocenters. The van der Waals surface area contributed by atoms with Gasteiger partial charge in [-0.3, -0.25) is 0 Å². The number of halogens is 2. The fraction of sp³-hybridized carbons (Fsp3) is 0.538. The van der Waals surface area contributed by atoms with E-state index in [1.807, 2.05) is 0 Å². The maximum Gasteiger partial charge on any atom is 0.126 e. The highest BCUT2D eigenvalue weighted by Gasteiger charge is 2.20. The van der Waals surface area contributed by atoms with E-state index in [2.05, 4.69) is 6.92 Å². The van der Waals surface area contributed by atoms with Crippen molar-refractivity contribution < 1.29 is 14.2 Å². The summed E-state index contributed by atoms with van der Waals surface area (Å²) < 4.78 is 18.1. The molecule has 0 bridgehead atoms. The van der Waals surface area contributed by atoms with E-state index in [0.717, 1.165) is 12.8 Å². The lowest BCUT2D eigenvalue weighted by Crippen LogP contribution is -2.26. The Bertz CT molecular complexity index is 363. The molecule has 0 aliphatic heterocycles. The third kappa shape index (κ3) is 4.44. The minimum atomic E-state index is -0.630. The van der Waals surface area contributed by atoms with Gasteiger partial charge in [0, 0.05) is 11.6 Å². The van der Waals surface area contributed by atoms with Gasteiger partial charge in [-0.05, 0) is 12.5 Å². The summed E-state index contributed by atoms with van der Waals surface area (Å²) in [5, 5.41) is 9.92. The second-order valence-corrected chi connectivity index (χ2v) is 4.12. The summed E-state index contributed by atoms with van der Waals surface area (Å²) in [6.45, 7) is 2.05. The molecule has 0 amide bonds. The Balaban J connectivity index is 0.00000289. The molecule has 0 saturated carbocycles. The van der Waals surface area contributed by atoms with E-state index < -0.39 is 12.1 Å². The number of rotatable bonds is 6. The highest BCUT2D eigenvalue weighted by molar-refractivity contribution is 5.85. The zero-order chi connectivity index (χ0) is 12.8. The molecular formula is C13H21ClFNO2. The summed E-state index contributed by atoms with van der Waals surface area (Å²) in [6, 6.07) is 3.62. The van der Waals surface area contributed by atoms with Crippen LogP contribution in [0.25, 0.3) is 0 Å². The predicted octanol–water partition coefficient (Wildman–Crippen LogP) is 2.81. The fourth-order valence-corrected chi connectivity index (χ4v) is 1.76. The minimum Gasteiger partial charge on any atom is -0.496 e. The van der Waals surface area contributed by atoms with Gasteiger partial charge in [0.05, 0.1) is 19.3 Å². The molecule has 5 heteroatoms. The number of aliphatic hydroxyl groups excluding tert-OH is 1. The number of hydrogen-bond donors (Lipinski definition) is 2. The van der Waals surface area contributed by atoms with Crippen molar-refractivity contribution in [2.45, 2.75) is 38.3 Å². The van der Waals surface area contributed by atoms with Crippen LogP contribution in [0.2, 0.25) is 0 Å². The number of hydrogen-bond acceptors (Lipinski definition) is 3. The van der Waals surface area contributed by atoms with Crippen molar-refractivity contribution >= 4 is 12.4 Å². The van der Waals surface area contributed by atoms with Gasteiger partial charge >= 0.3 is 0 Å².